The Kier molecular flexibility index (Phi) is 3.82. The molecule has 0 spiro atoms. The Bertz CT molecular complexity index is 162. The van der Waals surface area contributed by atoms with Gasteiger partial charge in [0.2, 0.25) is 0 Å². The second kappa shape index (κ2) is 4.69. The van der Waals surface area contributed by atoms with Crippen molar-refractivity contribution in [1.82, 2.24) is 0 Å². The molecule has 0 bridgehead atoms. The molecule has 0 radical (unpaired) electrons. The average Bonchev–Trinajstić information content (AvgIpc) is 2.52. The second-order valence-electron chi connectivity index (χ2n) is 2.85. The minimum absolute atomic E-state index is 0.301. The van der Waals surface area contributed by atoms with Gasteiger partial charge in [0.1, 0.15) is 0 Å². The molecule has 2 atom stereocenters. The number of hydrogen-bond donors (Lipinski definition) is 1. The summed E-state index contributed by atoms with van der Waals surface area (Å²) < 4.78 is 0. The Morgan fingerprint density at radius 1 is 1.73 bits per heavy atom. The zero-order valence-electron chi connectivity index (χ0n) is 6.97. The predicted molar refractivity (Wildman–Crippen MR) is 51.5 cm³/mol. The van der Waals surface area contributed by atoms with Crippen LogP contribution in [0, 0.1) is 11.8 Å². The molecule has 1 fully saturated rings. The fourth-order valence-corrected chi connectivity index (χ4v) is 2.60. The van der Waals surface area contributed by atoms with Gasteiger partial charge in [0.15, 0.2) is 0 Å². The van der Waals surface area contributed by atoms with Gasteiger partial charge in [-0.1, -0.05) is 0 Å². The molecular formula is C9H15NS. The zero-order chi connectivity index (χ0) is 8.10. The Morgan fingerprint density at radius 2 is 2.55 bits per heavy atom. The van der Waals surface area contributed by atoms with E-state index in [1.165, 1.54) is 18.6 Å². The molecule has 0 aromatic heterocycles. The predicted octanol–water partition coefficient (Wildman–Crippen LogP) is 1.62. The summed E-state index contributed by atoms with van der Waals surface area (Å²) in [5, 5.41) is 0.677. The van der Waals surface area contributed by atoms with Gasteiger partial charge in [0.05, 0.1) is 0 Å². The van der Waals surface area contributed by atoms with E-state index in [2.05, 4.69) is 11.8 Å². The number of hydrogen-bond acceptors (Lipinski definition) is 2. The Labute approximate surface area is 73.1 Å². The van der Waals surface area contributed by atoms with Gasteiger partial charge in [0.25, 0.3) is 0 Å². The number of rotatable bonds is 2. The van der Waals surface area contributed by atoms with Crippen LogP contribution in [0.5, 0.6) is 0 Å². The van der Waals surface area contributed by atoms with Crippen molar-refractivity contribution in [2.75, 3.05) is 5.75 Å². The van der Waals surface area contributed by atoms with Crippen LogP contribution in [-0.4, -0.2) is 17.0 Å². The normalized spacial score (nSPS) is 25.8. The molecule has 0 aromatic rings. The molecule has 0 amide bonds. The summed E-state index contributed by atoms with van der Waals surface area (Å²) in [5.41, 5.74) is 5.94. The quantitative estimate of drug-likeness (QED) is 0.636. The first-order valence-electron chi connectivity index (χ1n) is 4.11. The van der Waals surface area contributed by atoms with Crippen LogP contribution >= 0.6 is 11.8 Å². The van der Waals surface area contributed by atoms with E-state index in [9.17, 15) is 0 Å². The van der Waals surface area contributed by atoms with Crippen LogP contribution in [0.25, 0.3) is 0 Å². The Morgan fingerprint density at radius 3 is 3.09 bits per heavy atom. The molecule has 2 unspecified atom stereocenters. The monoisotopic (exact) mass is 169 g/mol. The van der Waals surface area contributed by atoms with Crippen LogP contribution in [0.3, 0.4) is 0 Å². The van der Waals surface area contributed by atoms with Crippen LogP contribution in [-0.2, 0) is 0 Å². The third-order valence-corrected chi connectivity index (χ3v) is 3.49. The van der Waals surface area contributed by atoms with Crippen molar-refractivity contribution >= 4 is 11.8 Å². The van der Waals surface area contributed by atoms with Crippen molar-refractivity contribution in [3.63, 3.8) is 0 Å². The molecular weight excluding hydrogens is 154 g/mol. The van der Waals surface area contributed by atoms with Crippen molar-refractivity contribution in [3.05, 3.63) is 0 Å². The Hall–Kier alpha value is -0.130. The molecule has 1 heterocycles. The molecule has 1 aliphatic heterocycles. The number of thioether (sulfide) groups is 1. The summed E-state index contributed by atoms with van der Waals surface area (Å²) in [6, 6.07) is 0.301. The van der Waals surface area contributed by atoms with Crippen molar-refractivity contribution in [3.8, 4) is 11.8 Å². The molecule has 1 aliphatic rings. The summed E-state index contributed by atoms with van der Waals surface area (Å²) in [6.45, 7) is 1.87. The third kappa shape index (κ3) is 2.76. The molecule has 11 heavy (non-hydrogen) atoms. The topological polar surface area (TPSA) is 26.0 Å². The summed E-state index contributed by atoms with van der Waals surface area (Å²) >= 11 is 2.01. The van der Waals surface area contributed by atoms with Gasteiger partial charge in [-0.25, -0.2) is 0 Å². The lowest BCUT2D eigenvalue weighted by atomic mass is 10.1. The molecule has 1 saturated heterocycles. The largest absolute Gasteiger partial charge is 0.326 e. The van der Waals surface area contributed by atoms with Gasteiger partial charge in [-0.3, -0.25) is 0 Å². The molecule has 1 nitrogen and oxygen atoms in total. The minimum Gasteiger partial charge on any atom is -0.326 e. The van der Waals surface area contributed by atoms with Gasteiger partial charge in [-0.15, -0.1) is 11.8 Å². The van der Waals surface area contributed by atoms with Gasteiger partial charge in [-0.2, -0.15) is 11.8 Å². The van der Waals surface area contributed by atoms with Crippen molar-refractivity contribution in [1.29, 1.82) is 0 Å². The minimum atomic E-state index is 0.301. The summed E-state index contributed by atoms with van der Waals surface area (Å²) in [5.74, 6) is 7.21. The lowest BCUT2D eigenvalue weighted by Crippen LogP contribution is -2.30. The van der Waals surface area contributed by atoms with E-state index in [1.807, 2.05) is 18.7 Å². The van der Waals surface area contributed by atoms with Crippen LogP contribution in [0.2, 0.25) is 0 Å². The van der Waals surface area contributed by atoms with E-state index in [0.717, 1.165) is 6.42 Å². The van der Waals surface area contributed by atoms with E-state index in [4.69, 9.17) is 5.73 Å². The molecule has 1 rings (SSSR count). The highest BCUT2D eigenvalue weighted by molar-refractivity contribution is 8.00. The van der Waals surface area contributed by atoms with Crippen LogP contribution in [0.4, 0.5) is 0 Å². The standard InChI is InChI=1S/C9H15NS/c1-2-3-5-8(10)9-6-4-7-11-9/h8-9H,4-7,10H2,1H3. The lowest BCUT2D eigenvalue weighted by molar-refractivity contribution is 0.625. The number of nitrogens with two attached hydrogens (primary N) is 1. The fourth-order valence-electron chi connectivity index (χ4n) is 1.29. The SMILES string of the molecule is CC#CCC(N)C1CCCS1. The van der Waals surface area contributed by atoms with E-state index in [0.29, 0.717) is 11.3 Å². The molecule has 2 heteroatoms. The first-order valence-corrected chi connectivity index (χ1v) is 5.16. The van der Waals surface area contributed by atoms with Crippen LogP contribution in [0.1, 0.15) is 26.2 Å². The van der Waals surface area contributed by atoms with Crippen molar-refractivity contribution in [2.45, 2.75) is 37.5 Å². The van der Waals surface area contributed by atoms with Gasteiger partial charge in [0, 0.05) is 17.7 Å². The van der Waals surface area contributed by atoms with Crippen molar-refractivity contribution < 1.29 is 0 Å². The Balaban J connectivity index is 2.26. The summed E-state index contributed by atoms with van der Waals surface area (Å²) in [6.07, 6.45) is 3.49. The van der Waals surface area contributed by atoms with Gasteiger partial charge >= 0.3 is 0 Å². The average molecular weight is 169 g/mol. The third-order valence-electron chi connectivity index (χ3n) is 1.96. The highest BCUT2D eigenvalue weighted by Crippen LogP contribution is 2.28. The molecule has 0 aromatic carbocycles. The van der Waals surface area contributed by atoms with Gasteiger partial charge in [-0.05, 0) is 25.5 Å². The van der Waals surface area contributed by atoms with E-state index >= 15 is 0 Å². The zero-order valence-corrected chi connectivity index (χ0v) is 7.79. The van der Waals surface area contributed by atoms with Crippen LogP contribution in [0.15, 0.2) is 0 Å². The molecule has 2 N–H and O–H groups in total. The summed E-state index contributed by atoms with van der Waals surface area (Å²) in [4.78, 5) is 0. The van der Waals surface area contributed by atoms with E-state index in [-0.39, 0.29) is 0 Å². The second-order valence-corrected chi connectivity index (χ2v) is 4.19. The van der Waals surface area contributed by atoms with E-state index < -0.39 is 0 Å². The van der Waals surface area contributed by atoms with Gasteiger partial charge < -0.3 is 5.73 Å². The summed E-state index contributed by atoms with van der Waals surface area (Å²) in [7, 11) is 0. The maximum absolute atomic E-state index is 5.94. The first kappa shape index (κ1) is 8.96. The molecule has 62 valence electrons. The van der Waals surface area contributed by atoms with Crippen LogP contribution < -0.4 is 5.73 Å². The maximum atomic E-state index is 5.94. The maximum Gasteiger partial charge on any atom is 0.0270 e. The highest BCUT2D eigenvalue weighted by atomic mass is 32.2. The molecule has 0 aliphatic carbocycles. The lowest BCUT2D eigenvalue weighted by Gasteiger charge is -2.14. The fraction of sp³-hybridized carbons (Fsp3) is 0.778. The van der Waals surface area contributed by atoms with E-state index in [1.54, 1.807) is 0 Å². The highest BCUT2D eigenvalue weighted by Gasteiger charge is 2.21. The first-order chi connectivity index (χ1) is 5.34. The van der Waals surface area contributed by atoms with Crippen molar-refractivity contribution in [2.24, 2.45) is 5.73 Å². The molecule has 0 saturated carbocycles. The smallest absolute Gasteiger partial charge is 0.0270 e.